The predicted molar refractivity (Wildman–Crippen MR) is 86.1 cm³/mol. The first kappa shape index (κ1) is 17.3. The van der Waals surface area contributed by atoms with Gasteiger partial charge in [-0.3, -0.25) is 4.79 Å². The van der Waals surface area contributed by atoms with Crippen molar-refractivity contribution in [3.63, 3.8) is 0 Å². The van der Waals surface area contributed by atoms with Gasteiger partial charge in [-0.1, -0.05) is 6.08 Å². The molecule has 5 nitrogen and oxygen atoms in total. The van der Waals surface area contributed by atoms with Crippen LogP contribution in [0.25, 0.3) is 0 Å². The van der Waals surface area contributed by atoms with Gasteiger partial charge < -0.3 is 15.0 Å². The second-order valence-corrected chi connectivity index (χ2v) is 7.15. The molecule has 2 unspecified atom stereocenters. The molecule has 2 aliphatic rings. The summed E-state index contributed by atoms with van der Waals surface area (Å²) < 4.78 is 5.44. The number of Topliss-reactive ketones (excluding diaryl/α,β-unsaturated/α-hetero) is 1. The van der Waals surface area contributed by atoms with Crippen molar-refractivity contribution in [2.45, 2.75) is 45.3 Å². The molecule has 0 spiro atoms. The monoisotopic (exact) mass is 328 g/mol. The lowest BCUT2D eigenvalue weighted by atomic mass is 9.89. The van der Waals surface area contributed by atoms with Gasteiger partial charge in [-0.25, -0.2) is 4.79 Å². The van der Waals surface area contributed by atoms with E-state index in [0.717, 1.165) is 18.4 Å². The molecular weight excluding hydrogens is 304 g/mol. The number of hydrogen-bond donors (Lipinski definition) is 1. The SMILES string of the molecule is CC(C)(C)OC(=O)N1CCNC(C2CCC=C2C(=O)CCl)C1. The Morgan fingerprint density at radius 3 is 2.82 bits per heavy atom. The minimum Gasteiger partial charge on any atom is -0.444 e. The maximum absolute atomic E-state index is 12.2. The third kappa shape index (κ3) is 4.23. The van der Waals surface area contributed by atoms with Crippen LogP contribution < -0.4 is 5.32 Å². The third-order valence-electron chi connectivity index (χ3n) is 4.03. The first-order chi connectivity index (χ1) is 10.3. The molecule has 0 bridgehead atoms. The van der Waals surface area contributed by atoms with Crippen molar-refractivity contribution in [1.29, 1.82) is 0 Å². The molecule has 1 aliphatic carbocycles. The number of carbonyl (C=O) groups excluding carboxylic acids is 2. The van der Waals surface area contributed by atoms with Crippen LogP contribution in [-0.4, -0.2) is 53.9 Å². The van der Waals surface area contributed by atoms with Gasteiger partial charge in [0.2, 0.25) is 0 Å². The van der Waals surface area contributed by atoms with E-state index in [1.807, 2.05) is 26.8 Å². The van der Waals surface area contributed by atoms with E-state index in [1.54, 1.807) is 4.90 Å². The lowest BCUT2D eigenvalue weighted by Crippen LogP contribution is -2.56. The molecule has 1 N–H and O–H groups in total. The summed E-state index contributed by atoms with van der Waals surface area (Å²) in [5.41, 5.74) is 0.323. The average molecular weight is 329 g/mol. The zero-order valence-corrected chi connectivity index (χ0v) is 14.3. The first-order valence-corrected chi connectivity index (χ1v) is 8.36. The summed E-state index contributed by atoms with van der Waals surface area (Å²) in [7, 11) is 0. The molecule has 0 saturated carbocycles. The van der Waals surface area contributed by atoms with Gasteiger partial charge in [0.1, 0.15) is 5.60 Å². The molecule has 2 atom stereocenters. The number of nitrogens with zero attached hydrogens (tertiary/aromatic N) is 1. The lowest BCUT2D eigenvalue weighted by Gasteiger charge is -2.37. The smallest absolute Gasteiger partial charge is 0.410 e. The van der Waals surface area contributed by atoms with Gasteiger partial charge in [-0.05, 0) is 39.2 Å². The third-order valence-corrected chi connectivity index (χ3v) is 4.27. The maximum atomic E-state index is 12.2. The summed E-state index contributed by atoms with van der Waals surface area (Å²) in [6, 6.07) is 0.0854. The van der Waals surface area contributed by atoms with Crippen LogP contribution in [-0.2, 0) is 9.53 Å². The summed E-state index contributed by atoms with van der Waals surface area (Å²) in [5.74, 6) is 0.155. The number of amides is 1. The van der Waals surface area contributed by atoms with E-state index >= 15 is 0 Å². The van der Waals surface area contributed by atoms with E-state index in [-0.39, 0.29) is 29.7 Å². The van der Waals surface area contributed by atoms with Crippen LogP contribution in [0.5, 0.6) is 0 Å². The number of ketones is 1. The number of piperazine rings is 1. The molecule has 0 radical (unpaired) electrons. The summed E-state index contributed by atoms with van der Waals surface area (Å²) in [5, 5.41) is 3.43. The van der Waals surface area contributed by atoms with Crippen LogP contribution in [0.3, 0.4) is 0 Å². The van der Waals surface area contributed by atoms with E-state index < -0.39 is 5.60 Å². The topological polar surface area (TPSA) is 58.6 Å². The first-order valence-electron chi connectivity index (χ1n) is 7.82. The molecule has 0 aromatic rings. The molecule has 1 saturated heterocycles. The standard InChI is InChI=1S/C16H25ClN2O3/c1-16(2,3)22-15(21)19-8-7-18-13(10-19)11-5-4-6-12(11)14(20)9-17/h6,11,13,18H,4-5,7-10H2,1-3H3. The zero-order chi connectivity index (χ0) is 16.3. The minimum atomic E-state index is -0.496. The molecule has 22 heavy (non-hydrogen) atoms. The Bertz CT molecular complexity index is 471. The van der Waals surface area contributed by atoms with Gasteiger partial charge in [0, 0.05) is 31.6 Å². The van der Waals surface area contributed by atoms with Gasteiger partial charge in [-0.2, -0.15) is 0 Å². The molecule has 124 valence electrons. The number of nitrogens with one attached hydrogen (secondary N) is 1. The number of allylic oxidation sites excluding steroid dienone is 1. The second-order valence-electron chi connectivity index (χ2n) is 6.89. The van der Waals surface area contributed by atoms with Crippen LogP contribution in [0.4, 0.5) is 4.79 Å². The predicted octanol–water partition coefficient (Wildman–Crippen LogP) is 2.34. The van der Waals surface area contributed by atoms with Crippen LogP contribution in [0.15, 0.2) is 11.6 Å². The van der Waals surface area contributed by atoms with E-state index in [1.165, 1.54) is 0 Å². The van der Waals surface area contributed by atoms with Crippen molar-refractivity contribution < 1.29 is 14.3 Å². The molecule has 6 heteroatoms. The Labute approximate surface area is 137 Å². The van der Waals surface area contributed by atoms with E-state index in [4.69, 9.17) is 16.3 Å². The van der Waals surface area contributed by atoms with Crippen LogP contribution in [0.1, 0.15) is 33.6 Å². The largest absolute Gasteiger partial charge is 0.444 e. The Hall–Kier alpha value is -1.07. The lowest BCUT2D eigenvalue weighted by molar-refractivity contribution is -0.113. The highest BCUT2D eigenvalue weighted by atomic mass is 35.5. The number of halogens is 1. The van der Waals surface area contributed by atoms with Crippen LogP contribution in [0, 0.1) is 5.92 Å². The Balaban J connectivity index is 2.00. The van der Waals surface area contributed by atoms with Gasteiger partial charge in [0.15, 0.2) is 5.78 Å². The summed E-state index contributed by atoms with van der Waals surface area (Å²) in [6.07, 6.45) is 3.53. The molecule has 0 aromatic heterocycles. The normalized spacial score (nSPS) is 25.8. The Kier molecular flexibility index (Phi) is 5.50. The van der Waals surface area contributed by atoms with Crippen molar-refractivity contribution in [3.05, 3.63) is 11.6 Å². The molecule has 1 fully saturated rings. The molecule has 1 aliphatic heterocycles. The molecule has 1 amide bonds. The number of rotatable bonds is 3. The average Bonchev–Trinajstić information content (AvgIpc) is 2.94. The maximum Gasteiger partial charge on any atom is 0.410 e. The summed E-state index contributed by atoms with van der Waals surface area (Å²) >= 11 is 5.69. The fraction of sp³-hybridized carbons (Fsp3) is 0.750. The number of alkyl halides is 1. The molecule has 2 rings (SSSR count). The van der Waals surface area contributed by atoms with Gasteiger partial charge in [0.25, 0.3) is 0 Å². The molecular formula is C16H25ClN2O3. The van der Waals surface area contributed by atoms with Crippen molar-refractivity contribution in [3.8, 4) is 0 Å². The zero-order valence-electron chi connectivity index (χ0n) is 13.5. The van der Waals surface area contributed by atoms with Gasteiger partial charge in [-0.15, -0.1) is 11.6 Å². The van der Waals surface area contributed by atoms with Crippen molar-refractivity contribution in [2.75, 3.05) is 25.5 Å². The van der Waals surface area contributed by atoms with Crippen molar-refractivity contribution in [1.82, 2.24) is 10.2 Å². The highest BCUT2D eigenvalue weighted by molar-refractivity contribution is 6.30. The van der Waals surface area contributed by atoms with Crippen LogP contribution in [0.2, 0.25) is 0 Å². The van der Waals surface area contributed by atoms with Crippen molar-refractivity contribution >= 4 is 23.5 Å². The molecule has 1 heterocycles. The Morgan fingerprint density at radius 1 is 1.45 bits per heavy atom. The number of hydrogen-bond acceptors (Lipinski definition) is 4. The Morgan fingerprint density at radius 2 is 2.18 bits per heavy atom. The summed E-state index contributed by atoms with van der Waals surface area (Å²) in [6.45, 7) is 7.49. The van der Waals surface area contributed by atoms with Crippen molar-refractivity contribution in [2.24, 2.45) is 5.92 Å². The number of carbonyl (C=O) groups is 2. The highest BCUT2D eigenvalue weighted by Crippen LogP contribution is 2.31. The second kappa shape index (κ2) is 7.01. The number of ether oxygens (including phenoxy) is 1. The van der Waals surface area contributed by atoms with Crippen LogP contribution >= 0.6 is 11.6 Å². The quantitative estimate of drug-likeness (QED) is 0.808. The van der Waals surface area contributed by atoms with Gasteiger partial charge >= 0.3 is 6.09 Å². The van der Waals surface area contributed by atoms with E-state index in [0.29, 0.717) is 19.6 Å². The minimum absolute atomic E-state index is 0.000332. The van der Waals surface area contributed by atoms with Gasteiger partial charge in [0.05, 0.1) is 5.88 Å². The fourth-order valence-electron chi connectivity index (χ4n) is 3.08. The molecule has 0 aromatic carbocycles. The highest BCUT2D eigenvalue weighted by Gasteiger charge is 2.36. The van der Waals surface area contributed by atoms with E-state index in [2.05, 4.69) is 5.32 Å². The van der Waals surface area contributed by atoms with E-state index in [9.17, 15) is 9.59 Å². The summed E-state index contributed by atoms with van der Waals surface area (Å²) in [4.78, 5) is 25.9. The fourth-order valence-corrected chi connectivity index (χ4v) is 3.24.